The van der Waals surface area contributed by atoms with Crippen LogP contribution in [0.3, 0.4) is 0 Å². The monoisotopic (exact) mass is 375 g/mol. The maximum atomic E-state index is 13.7. The molecule has 2 aromatic rings. The van der Waals surface area contributed by atoms with Crippen LogP contribution in [-0.4, -0.2) is 35.6 Å². The summed E-state index contributed by atoms with van der Waals surface area (Å²) in [5.41, 5.74) is -1.20. The number of aliphatic carboxylic acids is 1. The zero-order chi connectivity index (χ0) is 18.1. The standard InChI is InChI=1S/C16H17ClFN3O3.Na/c1-16(2,15(22)23)24-13-8-12(21(3)4)19-14(20-13)9-5-6-10(17)11(18)7-9;/h5-8H,1-4H3,(H,22,23);/q;+1/p-1. The Labute approximate surface area is 172 Å². The molecule has 0 aliphatic heterocycles. The Kier molecular flexibility index (Phi) is 7.19. The molecule has 0 bridgehead atoms. The first-order valence-corrected chi connectivity index (χ1v) is 7.40. The fraction of sp³-hybridized carbons (Fsp3) is 0.312. The molecule has 1 aromatic heterocycles. The number of carbonyl (C=O) groups excluding carboxylic acids is 1. The molecule has 1 aromatic carbocycles. The summed E-state index contributed by atoms with van der Waals surface area (Å²) in [6, 6.07) is 5.64. The van der Waals surface area contributed by atoms with Gasteiger partial charge in [-0.05, 0) is 32.0 Å². The molecular formula is C16H16ClFN3NaO3. The Morgan fingerprint density at radius 2 is 1.92 bits per heavy atom. The fourth-order valence-electron chi connectivity index (χ4n) is 1.76. The quantitative estimate of drug-likeness (QED) is 0.618. The van der Waals surface area contributed by atoms with Crippen LogP contribution in [0.5, 0.6) is 5.88 Å². The maximum absolute atomic E-state index is 13.7. The number of rotatable bonds is 5. The molecule has 0 radical (unpaired) electrons. The predicted molar refractivity (Wildman–Crippen MR) is 86.5 cm³/mol. The third-order valence-corrected chi connectivity index (χ3v) is 3.48. The van der Waals surface area contributed by atoms with Crippen molar-refractivity contribution in [1.82, 2.24) is 9.97 Å². The predicted octanol–water partition coefficient (Wildman–Crippen LogP) is -1.09. The molecule has 0 atom stereocenters. The van der Waals surface area contributed by atoms with Crippen molar-refractivity contribution in [2.24, 2.45) is 0 Å². The first-order chi connectivity index (χ1) is 11.1. The maximum Gasteiger partial charge on any atom is 1.00 e. The van der Waals surface area contributed by atoms with Crippen molar-refractivity contribution < 1.29 is 48.6 Å². The average molecular weight is 376 g/mol. The third kappa shape index (κ3) is 5.28. The molecule has 1 heterocycles. The number of benzene rings is 1. The van der Waals surface area contributed by atoms with Gasteiger partial charge in [-0.15, -0.1) is 0 Å². The van der Waals surface area contributed by atoms with E-state index in [9.17, 15) is 14.3 Å². The molecule has 0 aliphatic carbocycles. The van der Waals surface area contributed by atoms with E-state index in [0.29, 0.717) is 11.4 Å². The number of ether oxygens (including phenoxy) is 1. The third-order valence-electron chi connectivity index (χ3n) is 3.18. The Hall–Kier alpha value is -1.41. The van der Waals surface area contributed by atoms with Crippen LogP contribution in [-0.2, 0) is 4.79 Å². The molecule has 0 saturated carbocycles. The van der Waals surface area contributed by atoms with Crippen molar-refractivity contribution in [1.29, 1.82) is 0 Å². The summed E-state index contributed by atoms with van der Waals surface area (Å²) in [5, 5.41) is 11.1. The van der Waals surface area contributed by atoms with E-state index in [1.54, 1.807) is 25.1 Å². The molecule has 128 valence electrons. The van der Waals surface area contributed by atoms with Crippen molar-refractivity contribution in [2.75, 3.05) is 19.0 Å². The minimum Gasteiger partial charge on any atom is -0.546 e. The van der Waals surface area contributed by atoms with Gasteiger partial charge in [0.25, 0.3) is 0 Å². The fourth-order valence-corrected chi connectivity index (χ4v) is 1.88. The van der Waals surface area contributed by atoms with Crippen molar-refractivity contribution in [3.63, 3.8) is 0 Å². The van der Waals surface area contributed by atoms with Crippen LogP contribution in [0.15, 0.2) is 24.3 Å². The summed E-state index contributed by atoms with van der Waals surface area (Å²) in [6.45, 7) is 2.70. The number of aromatic nitrogens is 2. The largest absolute Gasteiger partial charge is 1.00 e. The normalized spacial score (nSPS) is 10.8. The Morgan fingerprint density at radius 1 is 1.28 bits per heavy atom. The first-order valence-electron chi connectivity index (χ1n) is 7.02. The molecule has 2 rings (SSSR count). The Balaban J connectivity index is 0.00000312. The number of halogens is 2. The summed E-state index contributed by atoms with van der Waals surface area (Å²) in [6.07, 6.45) is 0. The summed E-state index contributed by atoms with van der Waals surface area (Å²) in [7, 11) is 3.50. The molecule has 9 heteroatoms. The van der Waals surface area contributed by atoms with Crippen LogP contribution in [0.4, 0.5) is 10.2 Å². The van der Waals surface area contributed by atoms with E-state index in [4.69, 9.17) is 16.3 Å². The summed E-state index contributed by atoms with van der Waals surface area (Å²) >= 11 is 5.68. The second kappa shape index (κ2) is 8.31. The van der Waals surface area contributed by atoms with Gasteiger partial charge in [-0.1, -0.05) is 11.6 Å². The SMILES string of the molecule is CN(C)c1cc(OC(C)(C)C(=O)[O-])nc(-c2ccc(Cl)c(F)c2)n1.[Na+]. The van der Waals surface area contributed by atoms with E-state index < -0.39 is 17.4 Å². The second-order valence-electron chi connectivity index (χ2n) is 5.81. The Morgan fingerprint density at radius 3 is 2.44 bits per heavy atom. The van der Waals surface area contributed by atoms with Crippen molar-refractivity contribution >= 4 is 23.4 Å². The molecule has 0 amide bonds. The van der Waals surface area contributed by atoms with E-state index in [2.05, 4.69) is 9.97 Å². The first kappa shape index (κ1) is 21.6. The van der Waals surface area contributed by atoms with Crippen LogP contribution in [0.1, 0.15) is 13.8 Å². The number of nitrogens with zero attached hydrogens (tertiary/aromatic N) is 3. The number of hydrogen-bond acceptors (Lipinski definition) is 6. The number of carboxylic acid groups (broad SMARTS) is 1. The smallest absolute Gasteiger partial charge is 0.546 e. The van der Waals surface area contributed by atoms with Crippen LogP contribution in [0.2, 0.25) is 5.02 Å². The minimum absolute atomic E-state index is 0. The van der Waals surface area contributed by atoms with Crippen molar-refractivity contribution in [3.05, 3.63) is 35.1 Å². The molecule has 0 N–H and O–H groups in total. The van der Waals surface area contributed by atoms with Crippen LogP contribution >= 0.6 is 11.6 Å². The van der Waals surface area contributed by atoms with Gasteiger partial charge in [0.1, 0.15) is 17.2 Å². The zero-order valence-electron chi connectivity index (χ0n) is 14.6. The van der Waals surface area contributed by atoms with E-state index in [0.717, 1.165) is 0 Å². The van der Waals surface area contributed by atoms with Crippen molar-refractivity contribution in [2.45, 2.75) is 19.4 Å². The van der Waals surface area contributed by atoms with Gasteiger partial charge in [-0.25, -0.2) is 9.37 Å². The van der Waals surface area contributed by atoms with E-state index in [1.807, 2.05) is 0 Å². The van der Waals surface area contributed by atoms with Crippen LogP contribution in [0, 0.1) is 5.82 Å². The summed E-state index contributed by atoms with van der Waals surface area (Å²) < 4.78 is 19.1. The van der Waals surface area contributed by atoms with E-state index in [1.165, 1.54) is 32.0 Å². The van der Waals surface area contributed by atoms with Gasteiger partial charge in [0.2, 0.25) is 5.88 Å². The molecule has 0 unspecified atom stereocenters. The van der Waals surface area contributed by atoms with E-state index >= 15 is 0 Å². The van der Waals surface area contributed by atoms with Gasteiger partial charge in [0, 0.05) is 25.7 Å². The number of anilines is 1. The summed E-state index contributed by atoms with van der Waals surface area (Å²) in [5.74, 6) is -1.30. The Bertz CT molecular complexity index is 787. The van der Waals surface area contributed by atoms with Gasteiger partial charge in [-0.2, -0.15) is 4.98 Å². The number of hydrogen-bond donors (Lipinski definition) is 0. The second-order valence-corrected chi connectivity index (χ2v) is 6.22. The molecule has 0 spiro atoms. The average Bonchev–Trinajstić information content (AvgIpc) is 2.49. The van der Waals surface area contributed by atoms with Gasteiger partial charge in [-0.3, -0.25) is 0 Å². The van der Waals surface area contributed by atoms with Crippen molar-refractivity contribution in [3.8, 4) is 17.3 Å². The summed E-state index contributed by atoms with van der Waals surface area (Å²) in [4.78, 5) is 21.3. The topological polar surface area (TPSA) is 78.4 Å². The molecular weight excluding hydrogens is 360 g/mol. The molecule has 0 saturated heterocycles. The molecule has 6 nitrogen and oxygen atoms in total. The molecule has 25 heavy (non-hydrogen) atoms. The van der Waals surface area contributed by atoms with Gasteiger partial charge < -0.3 is 19.5 Å². The van der Waals surface area contributed by atoms with Gasteiger partial charge >= 0.3 is 29.6 Å². The molecule has 0 aliphatic rings. The number of carbonyl (C=O) groups is 1. The van der Waals surface area contributed by atoms with Crippen LogP contribution < -0.4 is 44.3 Å². The van der Waals surface area contributed by atoms with Gasteiger partial charge in [0.15, 0.2) is 5.82 Å². The van der Waals surface area contributed by atoms with Gasteiger partial charge in [0.05, 0.1) is 11.0 Å². The van der Waals surface area contributed by atoms with Crippen LogP contribution in [0.25, 0.3) is 11.4 Å². The zero-order valence-corrected chi connectivity index (χ0v) is 17.4. The number of carboxylic acids is 1. The molecule has 0 fully saturated rings. The minimum atomic E-state index is -1.58. The van der Waals surface area contributed by atoms with E-state index in [-0.39, 0.29) is 46.3 Å².